The average Bonchev–Trinajstić information content (AvgIpc) is 2.52. The van der Waals surface area contributed by atoms with Crippen LogP contribution in [0.3, 0.4) is 0 Å². The molecule has 4 heteroatoms. The van der Waals surface area contributed by atoms with Crippen LogP contribution in [0.1, 0.15) is 30.4 Å². The molecule has 0 aliphatic rings. The number of hydrogen-bond acceptors (Lipinski definition) is 2. The lowest BCUT2D eigenvalue weighted by atomic mass is 9.86. The van der Waals surface area contributed by atoms with E-state index in [1.807, 2.05) is 30.3 Å². The maximum Gasteiger partial charge on any atom is 0.162 e. The van der Waals surface area contributed by atoms with Gasteiger partial charge in [0.1, 0.15) is 0 Å². The Kier molecular flexibility index (Phi) is 5.42. The predicted molar refractivity (Wildman–Crippen MR) is 80.6 cm³/mol. The van der Waals surface area contributed by atoms with Crippen LogP contribution < -0.4 is 11.3 Å². The van der Waals surface area contributed by atoms with Gasteiger partial charge in [-0.15, -0.1) is 0 Å². The molecule has 112 valence electrons. The number of hydrogen-bond donors (Lipinski definition) is 2. The molecule has 0 saturated heterocycles. The molecule has 2 aromatic rings. The maximum absolute atomic E-state index is 13.8. The van der Waals surface area contributed by atoms with Crippen molar-refractivity contribution in [2.75, 3.05) is 0 Å². The van der Waals surface area contributed by atoms with E-state index in [-0.39, 0.29) is 12.0 Å². The molecular formula is C17H20F2N2. The van der Waals surface area contributed by atoms with Crippen LogP contribution in [0.25, 0.3) is 0 Å². The molecule has 0 aliphatic carbocycles. The van der Waals surface area contributed by atoms with E-state index < -0.39 is 11.6 Å². The molecule has 0 bridgehead atoms. The molecule has 0 amide bonds. The fraction of sp³-hybridized carbons (Fsp3) is 0.294. The fourth-order valence-corrected chi connectivity index (χ4v) is 2.71. The number of halogens is 2. The summed E-state index contributed by atoms with van der Waals surface area (Å²) in [6.45, 7) is 2.06. The normalized spacial score (nSPS) is 13.9. The number of rotatable bonds is 6. The van der Waals surface area contributed by atoms with Crippen molar-refractivity contribution in [2.45, 2.75) is 31.7 Å². The first-order chi connectivity index (χ1) is 10.2. The minimum Gasteiger partial charge on any atom is -0.271 e. The number of nitrogens with two attached hydrogens (primary N) is 1. The van der Waals surface area contributed by atoms with E-state index in [1.165, 1.54) is 6.07 Å². The third-order valence-electron chi connectivity index (χ3n) is 3.84. The summed E-state index contributed by atoms with van der Waals surface area (Å²) in [6, 6.07) is 14.0. The first-order valence-electron chi connectivity index (χ1n) is 7.11. The maximum atomic E-state index is 13.8. The summed E-state index contributed by atoms with van der Waals surface area (Å²) in [6.07, 6.45) is 1.20. The monoisotopic (exact) mass is 290 g/mol. The van der Waals surface area contributed by atoms with Gasteiger partial charge in [0.25, 0.3) is 0 Å². The molecule has 0 aliphatic heterocycles. The van der Waals surface area contributed by atoms with E-state index in [9.17, 15) is 8.78 Å². The fourth-order valence-electron chi connectivity index (χ4n) is 2.71. The second kappa shape index (κ2) is 7.29. The highest BCUT2D eigenvalue weighted by atomic mass is 19.2. The summed E-state index contributed by atoms with van der Waals surface area (Å²) >= 11 is 0. The van der Waals surface area contributed by atoms with Gasteiger partial charge in [0, 0.05) is 12.0 Å². The predicted octanol–water partition coefficient (Wildman–Crippen LogP) is 3.53. The molecule has 2 nitrogen and oxygen atoms in total. The van der Waals surface area contributed by atoms with Gasteiger partial charge in [0.2, 0.25) is 0 Å². The quantitative estimate of drug-likeness (QED) is 0.631. The molecule has 2 unspecified atom stereocenters. The molecule has 2 rings (SSSR count). The Bertz CT molecular complexity index is 572. The van der Waals surface area contributed by atoms with Crippen LogP contribution in [-0.4, -0.2) is 6.04 Å². The minimum absolute atomic E-state index is 0.138. The second-order valence-electron chi connectivity index (χ2n) is 5.12. The third kappa shape index (κ3) is 3.65. The Morgan fingerprint density at radius 1 is 1.05 bits per heavy atom. The summed E-state index contributed by atoms with van der Waals surface area (Å²) < 4.78 is 27.1. The summed E-state index contributed by atoms with van der Waals surface area (Å²) in [5.74, 6) is 4.18. The first kappa shape index (κ1) is 15.6. The third-order valence-corrected chi connectivity index (χ3v) is 3.84. The summed E-state index contributed by atoms with van der Waals surface area (Å²) in [7, 11) is 0. The van der Waals surface area contributed by atoms with Crippen molar-refractivity contribution in [3.63, 3.8) is 0 Å². The molecule has 0 aromatic heterocycles. The van der Waals surface area contributed by atoms with Gasteiger partial charge in [0.05, 0.1) is 0 Å². The largest absolute Gasteiger partial charge is 0.271 e. The molecule has 0 spiro atoms. The highest BCUT2D eigenvalue weighted by Gasteiger charge is 2.22. The molecule has 2 aromatic carbocycles. The minimum atomic E-state index is -0.823. The standard InChI is InChI=1S/C17H20F2N2/c1-2-14(12-7-4-3-5-8-12)16(21-20)11-13-9-6-10-15(18)17(13)19/h3-10,14,16,21H,2,11,20H2,1H3. The lowest BCUT2D eigenvalue weighted by Crippen LogP contribution is -2.41. The van der Waals surface area contributed by atoms with Gasteiger partial charge in [-0.1, -0.05) is 49.4 Å². The average molecular weight is 290 g/mol. The van der Waals surface area contributed by atoms with E-state index in [2.05, 4.69) is 12.3 Å². The highest BCUT2D eigenvalue weighted by Crippen LogP contribution is 2.26. The van der Waals surface area contributed by atoms with Gasteiger partial charge < -0.3 is 0 Å². The van der Waals surface area contributed by atoms with Crippen molar-refractivity contribution in [3.05, 3.63) is 71.3 Å². The van der Waals surface area contributed by atoms with Crippen LogP contribution in [0.4, 0.5) is 8.78 Å². The van der Waals surface area contributed by atoms with Crippen LogP contribution in [-0.2, 0) is 6.42 Å². The lowest BCUT2D eigenvalue weighted by molar-refractivity contribution is 0.415. The Hall–Kier alpha value is -1.78. The Morgan fingerprint density at radius 2 is 1.76 bits per heavy atom. The van der Waals surface area contributed by atoms with Crippen molar-refractivity contribution in [3.8, 4) is 0 Å². The first-order valence-corrected chi connectivity index (χ1v) is 7.11. The Labute approximate surface area is 124 Å². The summed E-state index contributed by atoms with van der Waals surface area (Å²) in [5, 5.41) is 0. The van der Waals surface area contributed by atoms with Crippen LogP contribution in [0.5, 0.6) is 0 Å². The second-order valence-corrected chi connectivity index (χ2v) is 5.12. The van der Waals surface area contributed by atoms with Crippen LogP contribution in [0.2, 0.25) is 0 Å². The van der Waals surface area contributed by atoms with Crippen molar-refractivity contribution in [1.82, 2.24) is 5.43 Å². The van der Waals surface area contributed by atoms with Crippen molar-refractivity contribution < 1.29 is 8.78 Å². The van der Waals surface area contributed by atoms with Crippen molar-refractivity contribution in [2.24, 2.45) is 5.84 Å². The van der Waals surface area contributed by atoms with Gasteiger partial charge in [-0.2, -0.15) is 0 Å². The number of benzene rings is 2. The SMILES string of the molecule is CCC(c1ccccc1)C(Cc1cccc(F)c1F)NN. The molecule has 21 heavy (non-hydrogen) atoms. The van der Waals surface area contributed by atoms with Gasteiger partial charge in [-0.3, -0.25) is 11.3 Å². The zero-order valence-electron chi connectivity index (χ0n) is 12.0. The number of nitrogens with one attached hydrogen (secondary N) is 1. The molecule has 0 radical (unpaired) electrons. The smallest absolute Gasteiger partial charge is 0.162 e. The molecule has 0 fully saturated rings. The van der Waals surface area contributed by atoms with E-state index >= 15 is 0 Å². The Morgan fingerprint density at radius 3 is 2.38 bits per heavy atom. The zero-order chi connectivity index (χ0) is 15.2. The van der Waals surface area contributed by atoms with E-state index in [0.29, 0.717) is 12.0 Å². The van der Waals surface area contributed by atoms with Crippen molar-refractivity contribution in [1.29, 1.82) is 0 Å². The van der Waals surface area contributed by atoms with Crippen molar-refractivity contribution >= 4 is 0 Å². The lowest BCUT2D eigenvalue weighted by Gasteiger charge is -2.26. The summed E-state index contributed by atoms with van der Waals surface area (Å²) in [5.41, 5.74) is 4.24. The van der Waals surface area contributed by atoms with E-state index in [0.717, 1.165) is 18.1 Å². The zero-order valence-corrected chi connectivity index (χ0v) is 12.0. The molecule has 3 N–H and O–H groups in total. The summed E-state index contributed by atoms with van der Waals surface area (Å²) in [4.78, 5) is 0. The van der Waals surface area contributed by atoms with Crippen LogP contribution in [0.15, 0.2) is 48.5 Å². The van der Waals surface area contributed by atoms with E-state index in [1.54, 1.807) is 6.07 Å². The van der Waals surface area contributed by atoms with Crippen LogP contribution >= 0.6 is 0 Å². The van der Waals surface area contributed by atoms with Crippen LogP contribution in [0, 0.1) is 11.6 Å². The molecule has 2 atom stereocenters. The molecule has 0 heterocycles. The highest BCUT2D eigenvalue weighted by molar-refractivity contribution is 5.25. The van der Waals surface area contributed by atoms with Gasteiger partial charge >= 0.3 is 0 Å². The van der Waals surface area contributed by atoms with E-state index in [4.69, 9.17) is 5.84 Å². The molecular weight excluding hydrogens is 270 g/mol. The van der Waals surface area contributed by atoms with Gasteiger partial charge in [-0.05, 0) is 30.0 Å². The number of hydrazine groups is 1. The van der Waals surface area contributed by atoms with Gasteiger partial charge in [0.15, 0.2) is 11.6 Å². The van der Waals surface area contributed by atoms with Gasteiger partial charge in [-0.25, -0.2) is 8.78 Å². The molecule has 0 saturated carbocycles. The topological polar surface area (TPSA) is 38.0 Å². The Balaban J connectivity index is 2.24.